The normalized spacial score (nSPS) is 25.6. The number of carbonyl (C=O) groups is 2. The highest BCUT2D eigenvalue weighted by atomic mass is 32.2. The molecule has 0 fully saturated rings. The summed E-state index contributed by atoms with van der Waals surface area (Å²) in [5.74, 6) is -1.94. The Morgan fingerprint density at radius 2 is 1.96 bits per heavy atom. The Morgan fingerprint density at radius 1 is 1.26 bits per heavy atom. The predicted octanol–water partition coefficient (Wildman–Crippen LogP) is 1.76. The molecule has 1 aromatic rings. The Hall–Kier alpha value is -1.53. The van der Waals surface area contributed by atoms with Crippen LogP contribution >= 0.6 is 0 Å². The molecule has 1 aliphatic carbocycles. The maximum atomic E-state index is 13.0. The van der Waals surface area contributed by atoms with Crippen molar-refractivity contribution in [3.05, 3.63) is 28.8 Å². The summed E-state index contributed by atoms with van der Waals surface area (Å²) in [7, 11) is -2.40. The molecule has 0 saturated carbocycles. The third-order valence-corrected chi connectivity index (χ3v) is 7.03. The molecule has 0 bridgehead atoms. The molecule has 0 N–H and O–H groups in total. The van der Waals surface area contributed by atoms with Crippen molar-refractivity contribution in [2.75, 3.05) is 13.7 Å². The third-order valence-electron chi connectivity index (χ3n) is 4.87. The van der Waals surface area contributed by atoms with Crippen LogP contribution in [0.2, 0.25) is 0 Å². The first-order chi connectivity index (χ1) is 10.9. The lowest BCUT2D eigenvalue weighted by molar-refractivity contribution is -0.119. The maximum Gasteiger partial charge on any atom is 0.185 e. The standard InChI is InChI=1S/C17H20O5S/c1-10(18)15-14(9-22-2)23(20,21)13-8-7-11-5-3-4-6-12(11)16(13)17(15)19/h7-8,14-15H,3-6,9H2,1-2H3. The van der Waals surface area contributed by atoms with E-state index in [0.717, 1.165) is 30.4 Å². The van der Waals surface area contributed by atoms with Gasteiger partial charge < -0.3 is 4.74 Å². The fourth-order valence-electron chi connectivity index (χ4n) is 3.78. The number of carbonyl (C=O) groups excluding carboxylic acids is 2. The van der Waals surface area contributed by atoms with Crippen LogP contribution in [0.25, 0.3) is 0 Å². The van der Waals surface area contributed by atoms with E-state index in [0.29, 0.717) is 6.42 Å². The van der Waals surface area contributed by atoms with Gasteiger partial charge in [0.15, 0.2) is 15.6 Å². The Labute approximate surface area is 135 Å². The molecule has 2 unspecified atom stereocenters. The number of ketones is 2. The molecule has 0 aromatic heterocycles. The summed E-state index contributed by atoms with van der Waals surface area (Å²) >= 11 is 0. The van der Waals surface area contributed by atoms with Crippen molar-refractivity contribution in [1.29, 1.82) is 0 Å². The van der Waals surface area contributed by atoms with Crippen LogP contribution in [-0.4, -0.2) is 39.0 Å². The maximum absolute atomic E-state index is 13.0. The lowest BCUT2D eigenvalue weighted by atomic mass is 9.82. The van der Waals surface area contributed by atoms with E-state index in [2.05, 4.69) is 0 Å². The van der Waals surface area contributed by atoms with Crippen LogP contribution < -0.4 is 0 Å². The first-order valence-electron chi connectivity index (χ1n) is 7.82. The minimum atomic E-state index is -3.77. The number of hydrogen-bond donors (Lipinski definition) is 0. The van der Waals surface area contributed by atoms with Crippen LogP contribution in [0.15, 0.2) is 17.0 Å². The molecule has 5 nitrogen and oxygen atoms in total. The molecule has 2 atom stereocenters. The topological polar surface area (TPSA) is 77.5 Å². The molecule has 0 spiro atoms. The van der Waals surface area contributed by atoms with Gasteiger partial charge in [-0.3, -0.25) is 9.59 Å². The second-order valence-corrected chi connectivity index (χ2v) is 8.41. The number of hydrogen-bond acceptors (Lipinski definition) is 5. The van der Waals surface area contributed by atoms with Crippen LogP contribution in [0.4, 0.5) is 0 Å². The van der Waals surface area contributed by atoms with Gasteiger partial charge >= 0.3 is 0 Å². The number of Topliss-reactive ketones (excluding diaryl/α,β-unsaturated/α-hetero) is 2. The molecule has 124 valence electrons. The van der Waals surface area contributed by atoms with Crippen molar-refractivity contribution in [3.63, 3.8) is 0 Å². The molecule has 1 aliphatic heterocycles. The first kappa shape index (κ1) is 16.3. The van der Waals surface area contributed by atoms with E-state index in [9.17, 15) is 18.0 Å². The van der Waals surface area contributed by atoms with Gasteiger partial charge in [0.25, 0.3) is 0 Å². The molecule has 3 rings (SSSR count). The second-order valence-electron chi connectivity index (χ2n) is 6.27. The average Bonchev–Trinajstić information content (AvgIpc) is 2.51. The van der Waals surface area contributed by atoms with Gasteiger partial charge in [-0.15, -0.1) is 0 Å². The summed E-state index contributed by atoms with van der Waals surface area (Å²) in [4.78, 5) is 25.1. The van der Waals surface area contributed by atoms with Gasteiger partial charge in [0.1, 0.15) is 17.0 Å². The molecule has 1 heterocycles. The van der Waals surface area contributed by atoms with E-state index in [-0.39, 0.29) is 22.8 Å². The minimum absolute atomic E-state index is 0.0719. The highest BCUT2D eigenvalue weighted by Crippen LogP contribution is 2.39. The SMILES string of the molecule is COCC1C(C(C)=O)C(=O)c2c(ccc3c2CCCC3)S1(=O)=O. The average molecular weight is 336 g/mol. The number of ether oxygens (including phenoxy) is 1. The predicted molar refractivity (Wildman–Crippen MR) is 84.4 cm³/mol. The Bertz CT molecular complexity index is 778. The summed E-state index contributed by atoms with van der Waals surface area (Å²) in [6.45, 7) is 1.12. The molecule has 0 saturated heterocycles. The quantitative estimate of drug-likeness (QED) is 0.786. The Balaban J connectivity index is 2.28. The van der Waals surface area contributed by atoms with Gasteiger partial charge in [-0.1, -0.05) is 6.07 Å². The first-order valence-corrected chi connectivity index (χ1v) is 9.36. The smallest absolute Gasteiger partial charge is 0.185 e. The molecular weight excluding hydrogens is 316 g/mol. The van der Waals surface area contributed by atoms with Gasteiger partial charge in [-0.2, -0.15) is 0 Å². The Morgan fingerprint density at radius 3 is 2.61 bits per heavy atom. The van der Waals surface area contributed by atoms with Crippen molar-refractivity contribution in [2.24, 2.45) is 5.92 Å². The van der Waals surface area contributed by atoms with Crippen molar-refractivity contribution in [1.82, 2.24) is 0 Å². The van der Waals surface area contributed by atoms with E-state index >= 15 is 0 Å². The van der Waals surface area contributed by atoms with Gasteiger partial charge in [0, 0.05) is 12.7 Å². The Kier molecular flexibility index (Phi) is 4.14. The molecule has 23 heavy (non-hydrogen) atoms. The summed E-state index contributed by atoms with van der Waals surface area (Å²) in [6, 6.07) is 3.35. The molecular formula is C17H20O5S. The zero-order valence-corrected chi connectivity index (χ0v) is 14.1. The third kappa shape index (κ3) is 2.44. The number of aryl methyl sites for hydroxylation is 1. The fourth-order valence-corrected chi connectivity index (χ4v) is 5.86. The molecule has 1 aromatic carbocycles. The van der Waals surface area contributed by atoms with E-state index in [4.69, 9.17) is 4.74 Å². The van der Waals surface area contributed by atoms with Crippen LogP contribution in [0.5, 0.6) is 0 Å². The zero-order chi connectivity index (χ0) is 16.8. The highest BCUT2D eigenvalue weighted by Gasteiger charge is 2.49. The monoisotopic (exact) mass is 336 g/mol. The zero-order valence-electron chi connectivity index (χ0n) is 13.3. The number of fused-ring (bicyclic) bond motifs is 3. The number of rotatable bonds is 3. The van der Waals surface area contributed by atoms with Crippen molar-refractivity contribution in [3.8, 4) is 0 Å². The van der Waals surface area contributed by atoms with Gasteiger partial charge in [0.05, 0.1) is 11.5 Å². The largest absolute Gasteiger partial charge is 0.383 e. The second kappa shape index (κ2) is 5.83. The molecule has 0 amide bonds. The van der Waals surface area contributed by atoms with E-state index < -0.39 is 26.8 Å². The molecule has 0 radical (unpaired) electrons. The van der Waals surface area contributed by atoms with Crippen LogP contribution in [-0.2, 0) is 32.2 Å². The minimum Gasteiger partial charge on any atom is -0.383 e. The van der Waals surface area contributed by atoms with Crippen molar-refractivity contribution in [2.45, 2.75) is 42.8 Å². The fraction of sp³-hybridized carbons (Fsp3) is 0.529. The van der Waals surface area contributed by atoms with Gasteiger partial charge in [-0.25, -0.2) is 8.42 Å². The van der Waals surface area contributed by atoms with Crippen molar-refractivity contribution < 1.29 is 22.7 Å². The molecule has 2 aliphatic rings. The molecule has 6 heteroatoms. The summed E-state index contributed by atoms with van der Waals surface area (Å²) in [5.41, 5.74) is 2.12. The lowest BCUT2D eigenvalue weighted by Crippen LogP contribution is -2.47. The summed E-state index contributed by atoms with van der Waals surface area (Å²) in [5, 5.41) is -1.13. The van der Waals surface area contributed by atoms with Gasteiger partial charge in [0.2, 0.25) is 0 Å². The van der Waals surface area contributed by atoms with E-state index in [1.807, 2.05) is 6.07 Å². The van der Waals surface area contributed by atoms with Gasteiger partial charge in [-0.05, 0) is 49.8 Å². The number of sulfone groups is 1. The summed E-state index contributed by atoms with van der Waals surface area (Å²) < 4.78 is 30.9. The lowest BCUT2D eigenvalue weighted by Gasteiger charge is -2.32. The number of methoxy groups -OCH3 is 1. The van der Waals surface area contributed by atoms with Crippen molar-refractivity contribution >= 4 is 21.4 Å². The number of benzene rings is 1. The van der Waals surface area contributed by atoms with Crippen LogP contribution in [0, 0.1) is 5.92 Å². The van der Waals surface area contributed by atoms with E-state index in [1.165, 1.54) is 20.1 Å². The van der Waals surface area contributed by atoms with E-state index in [1.54, 1.807) is 0 Å². The van der Waals surface area contributed by atoms with Crippen LogP contribution in [0.1, 0.15) is 41.3 Å². The summed E-state index contributed by atoms with van der Waals surface area (Å²) in [6.07, 6.45) is 3.51. The highest BCUT2D eigenvalue weighted by molar-refractivity contribution is 7.92. The van der Waals surface area contributed by atoms with Crippen LogP contribution in [0.3, 0.4) is 0 Å².